The first-order valence-electron chi connectivity index (χ1n) is 4.33. The highest BCUT2D eigenvalue weighted by Gasteiger charge is 2.23. The Morgan fingerprint density at radius 1 is 1.50 bits per heavy atom. The van der Waals surface area contributed by atoms with Gasteiger partial charge in [-0.3, -0.25) is 0 Å². The van der Waals surface area contributed by atoms with E-state index in [4.69, 9.17) is 9.52 Å². The topological polar surface area (TPSA) is 70.7 Å². The first-order valence-corrected chi connectivity index (χ1v) is 6.00. The first-order chi connectivity index (χ1) is 7.61. The van der Waals surface area contributed by atoms with Gasteiger partial charge in [-0.1, -0.05) is 0 Å². The Labute approximate surface area is 103 Å². The van der Waals surface area contributed by atoms with Crippen LogP contribution >= 0.6 is 27.3 Å². The Bertz CT molecular complexity index is 516. The summed E-state index contributed by atoms with van der Waals surface area (Å²) in [5.74, 6) is -0.747. The second kappa shape index (κ2) is 4.40. The van der Waals surface area contributed by atoms with Crippen LogP contribution in [0.4, 0.5) is 0 Å². The number of hydrogen-bond donors (Lipinski definition) is 2. The first kappa shape index (κ1) is 11.4. The normalized spacial score (nSPS) is 12.6. The maximum atomic E-state index is 10.9. The Kier molecular flexibility index (Phi) is 3.13. The van der Waals surface area contributed by atoms with Crippen molar-refractivity contribution in [3.63, 3.8) is 0 Å². The average Bonchev–Trinajstić information content (AvgIpc) is 2.84. The van der Waals surface area contributed by atoms with Crippen LogP contribution in [0.2, 0.25) is 0 Å². The van der Waals surface area contributed by atoms with Crippen LogP contribution in [-0.2, 0) is 0 Å². The third kappa shape index (κ3) is 1.91. The molecule has 2 rings (SSSR count). The molecule has 16 heavy (non-hydrogen) atoms. The van der Waals surface area contributed by atoms with E-state index in [2.05, 4.69) is 15.9 Å². The molecular formula is C10H7BrO4S. The van der Waals surface area contributed by atoms with Crippen molar-refractivity contribution < 1.29 is 19.4 Å². The number of hydrogen-bond acceptors (Lipinski definition) is 4. The maximum absolute atomic E-state index is 10.9. The lowest BCUT2D eigenvalue weighted by Crippen LogP contribution is -2.04. The van der Waals surface area contributed by atoms with Gasteiger partial charge in [0.05, 0.1) is 21.2 Å². The van der Waals surface area contributed by atoms with Crippen molar-refractivity contribution >= 4 is 33.2 Å². The smallest absolute Gasteiger partial charge is 0.336 e. The molecule has 2 N–H and O–H groups in total. The molecule has 2 aromatic heterocycles. The molecule has 0 spiro atoms. The number of aromatic carboxylic acids is 1. The fourth-order valence-corrected chi connectivity index (χ4v) is 2.62. The van der Waals surface area contributed by atoms with Gasteiger partial charge in [0.2, 0.25) is 0 Å². The highest BCUT2D eigenvalue weighted by atomic mass is 79.9. The summed E-state index contributed by atoms with van der Waals surface area (Å²) in [6.07, 6.45) is 0.368. The molecule has 4 nitrogen and oxygen atoms in total. The number of carbonyl (C=O) groups is 1. The van der Waals surface area contributed by atoms with Gasteiger partial charge in [-0.15, -0.1) is 11.3 Å². The lowest BCUT2D eigenvalue weighted by atomic mass is 10.1. The summed E-state index contributed by atoms with van der Waals surface area (Å²) in [5.41, 5.74) is 0.0980. The molecule has 0 aliphatic heterocycles. The second-order valence-corrected chi connectivity index (χ2v) is 4.84. The predicted octanol–water partition coefficient (Wildman–Crippen LogP) is 2.88. The van der Waals surface area contributed by atoms with E-state index in [1.54, 1.807) is 11.4 Å². The summed E-state index contributed by atoms with van der Waals surface area (Å²) < 4.78 is 5.72. The molecule has 1 unspecified atom stereocenters. The van der Waals surface area contributed by atoms with E-state index in [1.165, 1.54) is 23.7 Å². The molecule has 0 saturated heterocycles. The summed E-state index contributed by atoms with van der Waals surface area (Å²) in [5, 5.41) is 20.6. The summed E-state index contributed by atoms with van der Waals surface area (Å²) in [4.78, 5) is 11.3. The molecule has 1 atom stereocenters. The number of furan rings is 1. The van der Waals surface area contributed by atoms with Crippen LogP contribution in [-0.4, -0.2) is 16.2 Å². The molecule has 0 amide bonds. The molecule has 84 valence electrons. The molecule has 2 heterocycles. The van der Waals surface area contributed by atoms with Crippen molar-refractivity contribution in [3.8, 4) is 0 Å². The number of aliphatic hydroxyl groups is 1. The highest BCUT2D eigenvalue weighted by Crippen LogP contribution is 2.34. The van der Waals surface area contributed by atoms with Crippen LogP contribution in [0.5, 0.6) is 0 Å². The van der Waals surface area contributed by atoms with Crippen LogP contribution in [0.25, 0.3) is 0 Å². The lowest BCUT2D eigenvalue weighted by Gasteiger charge is -2.07. The monoisotopic (exact) mass is 302 g/mol. The SMILES string of the molecule is O=C(O)c1ccsc1C(O)c1occc1Br. The standard InChI is InChI=1S/C10H7BrO4S/c11-6-1-3-15-8(6)7(12)9-5(10(13)14)2-4-16-9/h1-4,7,12H,(H,13,14). The van der Waals surface area contributed by atoms with Gasteiger partial charge in [0.15, 0.2) is 5.76 Å². The molecule has 0 saturated carbocycles. The fourth-order valence-electron chi connectivity index (χ4n) is 1.33. The van der Waals surface area contributed by atoms with Gasteiger partial charge in [0, 0.05) is 0 Å². The van der Waals surface area contributed by atoms with Crippen molar-refractivity contribution in [2.45, 2.75) is 6.10 Å². The van der Waals surface area contributed by atoms with Gasteiger partial charge in [-0.25, -0.2) is 4.79 Å². The maximum Gasteiger partial charge on any atom is 0.336 e. The average molecular weight is 303 g/mol. The zero-order valence-electron chi connectivity index (χ0n) is 7.88. The number of halogens is 1. The van der Waals surface area contributed by atoms with Gasteiger partial charge in [0.1, 0.15) is 6.10 Å². The number of aliphatic hydroxyl groups excluding tert-OH is 1. The van der Waals surface area contributed by atoms with Crippen molar-refractivity contribution in [1.29, 1.82) is 0 Å². The number of carboxylic acid groups (broad SMARTS) is 1. The van der Waals surface area contributed by atoms with E-state index in [-0.39, 0.29) is 5.56 Å². The van der Waals surface area contributed by atoms with Crippen LogP contribution in [0, 0.1) is 0 Å². The molecule has 0 aliphatic carbocycles. The molecule has 0 aromatic carbocycles. The highest BCUT2D eigenvalue weighted by molar-refractivity contribution is 9.10. The Morgan fingerprint density at radius 3 is 2.81 bits per heavy atom. The van der Waals surface area contributed by atoms with E-state index in [0.717, 1.165) is 0 Å². The van der Waals surface area contributed by atoms with Crippen LogP contribution < -0.4 is 0 Å². The van der Waals surface area contributed by atoms with Gasteiger partial charge in [-0.2, -0.15) is 0 Å². The molecule has 0 aliphatic rings. The summed E-state index contributed by atoms with van der Waals surface area (Å²) >= 11 is 4.40. The van der Waals surface area contributed by atoms with Gasteiger partial charge < -0.3 is 14.6 Å². The van der Waals surface area contributed by atoms with E-state index in [9.17, 15) is 9.90 Å². The minimum absolute atomic E-state index is 0.0980. The van der Waals surface area contributed by atoms with E-state index in [0.29, 0.717) is 15.1 Å². The number of carboxylic acids is 1. The van der Waals surface area contributed by atoms with Gasteiger partial charge in [-0.05, 0) is 33.4 Å². The van der Waals surface area contributed by atoms with Crippen molar-refractivity contribution in [3.05, 3.63) is 44.4 Å². The molecular weight excluding hydrogens is 296 g/mol. The van der Waals surface area contributed by atoms with E-state index in [1.807, 2.05) is 0 Å². The molecule has 2 aromatic rings. The van der Waals surface area contributed by atoms with Crippen LogP contribution in [0.3, 0.4) is 0 Å². The third-order valence-electron chi connectivity index (χ3n) is 2.07. The minimum atomic E-state index is -1.06. The Balaban J connectivity index is 2.42. The quantitative estimate of drug-likeness (QED) is 0.914. The van der Waals surface area contributed by atoms with E-state index < -0.39 is 12.1 Å². The number of thiophene rings is 1. The number of rotatable bonds is 3. The summed E-state index contributed by atoms with van der Waals surface area (Å²) in [6, 6.07) is 3.11. The van der Waals surface area contributed by atoms with Crippen molar-refractivity contribution in [2.75, 3.05) is 0 Å². The second-order valence-electron chi connectivity index (χ2n) is 3.04. The summed E-state index contributed by atoms with van der Waals surface area (Å²) in [7, 11) is 0. The third-order valence-corrected chi connectivity index (χ3v) is 3.69. The fraction of sp³-hybridized carbons (Fsp3) is 0.100. The molecule has 0 radical (unpaired) electrons. The molecule has 0 bridgehead atoms. The van der Waals surface area contributed by atoms with Gasteiger partial charge in [0.25, 0.3) is 0 Å². The predicted molar refractivity (Wildman–Crippen MR) is 61.7 cm³/mol. The zero-order chi connectivity index (χ0) is 11.7. The van der Waals surface area contributed by atoms with Crippen LogP contribution in [0.15, 0.2) is 32.7 Å². The van der Waals surface area contributed by atoms with Gasteiger partial charge >= 0.3 is 5.97 Å². The Morgan fingerprint density at radius 2 is 2.25 bits per heavy atom. The van der Waals surface area contributed by atoms with E-state index >= 15 is 0 Å². The minimum Gasteiger partial charge on any atom is -0.478 e. The Hall–Kier alpha value is -1.11. The van der Waals surface area contributed by atoms with Crippen molar-refractivity contribution in [1.82, 2.24) is 0 Å². The lowest BCUT2D eigenvalue weighted by molar-refractivity contribution is 0.0691. The zero-order valence-corrected chi connectivity index (χ0v) is 10.3. The molecule has 0 fully saturated rings. The summed E-state index contributed by atoms with van der Waals surface area (Å²) in [6.45, 7) is 0. The van der Waals surface area contributed by atoms with Crippen LogP contribution in [0.1, 0.15) is 27.1 Å². The van der Waals surface area contributed by atoms with Crippen molar-refractivity contribution in [2.24, 2.45) is 0 Å². The largest absolute Gasteiger partial charge is 0.478 e. The molecule has 6 heteroatoms.